The van der Waals surface area contributed by atoms with E-state index in [-0.39, 0.29) is 0 Å². The smallest absolute Gasteiger partial charge is 0.208 e. The average Bonchev–Trinajstić information content (AvgIpc) is 3.02. The second-order valence-corrected chi connectivity index (χ2v) is 6.77. The van der Waals surface area contributed by atoms with E-state index < -0.39 is 0 Å². The van der Waals surface area contributed by atoms with Crippen LogP contribution in [0.3, 0.4) is 0 Å². The Morgan fingerprint density at radius 2 is 2.20 bits per heavy atom. The quantitative estimate of drug-likeness (QED) is 0.800. The van der Waals surface area contributed by atoms with Crippen LogP contribution in [0.2, 0.25) is 0 Å². The minimum Gasteiger partial charge on any atom is -0.363 e. The Morgan fingerprint density at radius 3 is 3.00 bits per heavy atom. The van der Waals surface area contributed by atoms with Gasteiger partial charge in [-0.05, 0) is 18.4 Å². The molecule has 0 amide bonds. The van der Waals surface area contributed by atoms with Crippen LogP contribution in [-0.2, 0) is 0 Å². The lowest BCUT2D eigenvalue weighted by molar-refractivity contribution is 0.546. The molecule has 0 atom stereocenters. The summed E-state index contributed by atoms with van der Waals surface area (Å²) in [6, 6.07) is 2.46. The number of aryl methyl sites for hydroxylation is 1. The number of nitrogens with one attached hydrogen (secondary N) is 1. The average molecular weight is 304 g/mol. The molecule has 1 N–H and O–H groups in total. The molecule has 6 nitrogen and oxygen atoms in total. The van der Waals surface area contributed by atoms with Crippen LogP contribution in [0.4, 0.5) is 10.9 Å². The highest BCUT2D eigenvalue weighted by Gasteiger charge is 2.29. The summed E-state index contributed by atoms with van der Waals surface area (Å²) in [5.74, 6) is 0.925. The summed E-state index contributed by atoms with van der Waals surface area (Å²) in [5.41, 5.74) is 0. The van der Waals surface area contributed by atoms with E-state index in [1.165, 1.54) is 0 Å². The van der Waals surface area contributed by atoms with Gasteiger partial charge >= 0.3 is 0 Å². The van der Waals surface area contributed by atoms with Crippen molar-refractivity contribution in [3.8, 4) is 0 Å². The van der Waals surface area contributed by atoms with Gasteiger partial charge in [0.1, 0.15) is 22.0 Å². The van der Waals surface area contributed by atoms with E-state index >= 15 is 0 Å². The standard InChI is InChI=1S/C12H12N6S2/c1-7-16-17-12(20-7)18-4-8(5-18)15-10-9-2-3-19-11(9)14-6-13-10/h2-3,6,8H,4-5H2,1H3,(H,13,14,15). The van der Waals surface area contributed by atoms with E-state index in [4.69, 9.17) is 0 Å². The van der Waals surface area contributed by atoms with Gasteiger partial charge in [-0.15, -0.1) is 21.5 Å². The normalized spacial score (nSPS) is 15.6. The predicted molar refractivity (Wildman–Crippen MR) is 81.7 cm³/mol. The molecule has 1 aliphatic rings. The Kier molecular flexibility index (Phi) is 2.78. The molecule has 0 aliphatic carbocycles. The molecule has 8 heteroatoms. The molecule has 0 spiro atoms. The molecule has 102 valence electrons. The van der Waals surface area contributed by atoms with E-state index in [0.29, 0.717) is 6.04 Å². The SMILES string of the molecule is Cc1nnc(N2CC(Nc3ncnc4sccc34)C2)s1. The number of thiophene rings is 1. The molecule has 1 aliphatic heterocycles. The molecule has 1 fully saturated rings. The lowest BCUT2D eigenvalue weighted by atomic mass is 10.1. The molecule has 4 rings (SSSR count). The van der Waals surface area contributed by atoms with Crippen molar-refractivity contribution in [3.05, 3.63) is 22.8 Å². The fourth-order valence-corrected chi connectivity index (χ4v) is 3.68. The Hall–Kier alpha value is -1.80. The molecule has 20 heavy (non-hydrogen) atoms. The van der Waals surface area contributed by atoms with Crippen LogP contribution >= 0.6 is 22.7 Å². The topological polar surface area (TPSA) is 66.8 Å². The highest BCUT2D eigenvalue weighted by molar-refractivity contribution is 7.16. The fourth-order valence-electron chi connectivity index (χ4n) is 2.24. The first-order chi connectivity index (χ1) is 9.79. The molecule has 0 unspecified atom stereocenters. The summed E-state index contributed by atoms with van der Waals surface area (Å²) in [4.78, 5) is 11.9. The number of anilines is 2. The number of hydrogen-bond acceptors (Lipinski definition) is 8. The first kappa shape index (κ1) is 12.0. The molecule has 3 aromatic rings. The van der Waals surface area contributed by atoms with Gasteiger partial charge < -0.3 is 10.2 Å². The van der Waals surface area contributed by atoms with E-state index in [2.05, 4.69) is 36.4 Å². The van der Waals surface area contributed by atoms with Crippen molar-refractivity contribution in [2.45, 2.75) is 13.0 Å². The molecule has 0 bridgehead atoms. The summed E-state index contributed by atoms with van der Waals surface area (Å²) >= 11 is 3.27. The molecule has 3 aromatic heterocycles. The van der Waals surface area contributed by atoms with Crippen LogP contribution in [-0.4, -0.2) is 39.3 Å². The molecular formula is C12H12N6S2. The predicted octanol–water partition coefficient (Wildman–Crippen LogP) is 2.15. The Balaban J connectivity index is 1.46. The van der Waals surface area contributed by atoms with Gasteiger partial charge in [-0.2, -0.15) is 0 Å². The van der Waals surface area contributed by atoms with Gasteiger partial charge in [0.05, 0.1) is 11.4 Å². The Morgan fingerprint density at radius 1 is 1.30 bits per heavy atom. The lowest BCUT2D eigenvalue weighted by Gasteiger charge is -2.39. The van der Waals surface area contributed by atoms with Crippen LogP contribution in [0.15, 0.2) is 17.8 Å². The zero-order valence-electron chi connectivity index (χ0n) is 10.8. The minimum absolute atomic E-state index is 0.400. The molecule has 1 saturated heterocycles. The van der Waals surface area contributed by atoms with Crippen molar-refractivity contribution in [2.75, 3.05) is 23.3 Å². The maximum absolute atomic E-state index is 4.34. The van der Waals surface area contributed by atoms with Gasteiger partial charge in [0, 0.05) is 13.1 Å². The van der Waals surface area contributed by atoms with Crippen molar-refractivity contribution < 1.29 is 0 Å². The Labute approximate surface area is 123 Å². The number of fused-ring (bicyclic) bond motifs is 1. The molecule has 0 saturated carbocycles. The zero-order valence-corrected chi connectivity index (χ0v) is 12.4. The maximum Gasteiger partial charge on any atom is 0.208 e. The summed E-state index contributed by atoms with van der Waals surface area (Å²) in [6.45, 7) is 3.85. The van der Waals surface area contributed by atoms with Gasteiger partial charge in [-0.1, -0.05) is 11.3 Å². The second-order valence-electron chi connectivity index (χ2n) is 4.71. The summed E-state index contributed by atoms with van der Waals surface area (Å²) in [6.07, 6.45) is 1.62. The van der Waals surface area contributed by atoms with Crippen molar-refractivity contribution >= 4 is 43.8 Å². The highest BCUT2D eigenvalue weighted by atomic mass is 32.1. The van der Waals surface area contributed by atoms with Crippen LogP contribution in [0.25, 0.3) is 10.2 Å². The molecule has 4 heterocycles. The number of hydrogen-bond donors (Lipinski definition) is 1. The second kappa shape index (κ2) is 4.64. The van der Waals surface area contributed by atoms with Crippen LogP contribution < -0.4 is 10.2 Å². The van der Waals surface area contributed by atoms with E-state index in [0.717, 1.165) is 39.3 Å². The van der Waals surface area contributed by atoms with E-state index in [1.807, 2.05) is 12.3 Å². The van der Waals surface area contributed by atoms with Gasteiger partial charge in [-0.3, -0.25) is 0 Å². The third kappa shape index (κ3) is 2.01. The number of rotatable bonds is 3. The van der Waals surface area contributed by atoms with Crippen LogP contribution in [0.5, 0.6) is 0 Å². The fraction of sp³-hybridized carbons (Fsp3) is 0.333. The molecular weight excluding hydrogens is 292 g/mol. The molecule has 0 aromatic carbocycles. The van der Waals surface area contributed by atoms with Crippen LogP contribution in [0, 0.1) is 6.92 Å². The minimum atomic E-state index is 0.400. The highest BCUT2D eigenvalue weighted by Crippen LogP contribution is 2.28. The first-order valence-electron chi connectivity index (χ1n) is 6.29. The molecule has 0 radical (unpaired) electrons. The first-order valence-corrected chi connectivity index (χ1v) is 7.99. The van der Waals surface area contributed by atoms with Crippen molar-refractivity contribution in [1.82, 2.24) is 20.2 Å². The summed E-state index contributed by atoms with van der Waals surface area (Å²) < 4.78 is 0. The zero-order chi connectivity index (χ0) is 13.5. The van der Waals surface area contributed by atoms with Gasteiger partial charge in [-0.25, -0.2) is 9.97 Å². The van der Waals surface area contributed by atoms with E-state index in [1.54, 1.807) is 29.0 Å². The maximum atomic E-state index is 4.34. The van der Waals surface area contributed by atoms with E-state index in [9.17, 15) is 0 Å². The van der Waals surface area contributed by atoms with Crippen molar-refractivity contribution in [3.63, 3.8) is 0 Å². The number of nitrogens with zero attached hydrogens (tertiary/aromatic N) is 5. The van der Waals surface area contributed by atoms with Crippen LogP contribution in [0.1, 0.15) is 5.01 Å². The summed E-state index contributed by atoms with van der Waals surface area (Å²) in [5, 5.41) is 16.9. The lowest BCUT2D eigenvalue weighted by Crippen LogP contribution is -2.55. The largest absolute Gasteiger partial charge is 0.363 e. The Bertz CT molecular complexity index is 745. The monoisotopic (exact) mass is 304 g/mol. The van der Waals surface area contributed by atoms with Crippen molar-refractivity contribution in [1.29, 1.82) is 0 Å². The summed E-state index contributed by atoms with van der Waals surface area (Å²) in [7, 11) is 0. The third-order valence-corrected chi connectivity index (χ3v) is 4.99. The van der Waals surface area contributed by atoms with Gasteiger partial charge in [0.2, 0.25) is 5.13 Å². The third-order valence-electron chi connectivity index (χ3n) is 3.27. The van der Waals surface area contributed by atoms with Crippen molar-refractivity contribution in [2.24, 2.45) is 0 Å². The number of aromatic nitrogens is 4. The van der Waals surface area contributed by atoms with Gasteiger partial charge in [0.25, 0.3) is 0 Å². The van der Waals surface area contributed by atoms with Gasteiger partial charge in [0.15, 0.2) is 0 Å².